The quantitative estimate of drug-likeness (QED) is 0.222. The molecule has 2 bridgehead atoms. The van der Waals surface area contributed by atoms with Gasteiger partial charge in [-0.2, -0.15) is 0 Å². The number of ether oxygens (including phenoxy) is 4. The summed E-state index contributed by atoms with van der Waals surface area (Å²) in [7, 11) is 0. The van der Waals surface area contributed by atoms with Crippen LogP contribution in [0.5, 0.6) is 11.5 Å². The fourth-order valence-electron chi connectivity index (χ4n) is 5.71. The second-order valence-corrected chi connectivity index (χ2v) is 10.2. The summed E-state index contributed by atoms with van der Waals surface area (Å²) in [4.78, 5) is 23.6. The van der Waals surface area contributed by atoms with Crippen LogP contribution in [0, 0.1) is 5.92 Å². The minimum atomic E-state index is -0.465. The Hall–Kier alpha value is -2.99. The van der Waals surface area contributed by atoms with Crippen molar-refractivity contribution in [2.75, 3.05) is 13.2 Å². The predicted molar refractivity (Wildman–Crippen MR) is 145 cm³/mol. The van der Waals surface area contributed by atoms with Gasteiger partial charge in [0.05, 0.1) is 0 Å². The van der Waals surface area contributed by atoms with Crippen molar-refractivity contribution in [3.8, 4) is 11.5 Å². The molecule has 5 unspecified atom stereocenters. The van der Waals surface area contributed by atoms with Gasteiger partial charge < -0.3 is 18.9 Å². The Morgan fingerprint density at radius 2 is 1.41 bits per heavy atom. The zero-order chi connectivity index (χ0) is 26.7. The third kappa shape index (κ3) is 5.35. The third-order valence-electron chi connectivity index (χ3n) is 7.69. The summed E-state index contributed by atoms with van der Waals surface area (Å²) in [5, 5.41) is 2.36. The standard InChI is InChI=1S/C30H35ClO6/c1-6-19(36-25(32)8-3)15-34-29-23-11-10-18(31)14-24(23)30(35-16-20(7-2)37-26(33)9-4)28-22-13-12-21(17(22)5)27(28)29/h8-11,14,17,19-22H,3-4,6-7,12-13,15-16H2,1-2,5H3. The van der Waals surface area contributed by atoms with E-state index in [1.165, 1.54) is 11.6 Å². The van der Waals surface area contributed by atoms with E-state index in [-0.39, 0.29) is 19.3 Å². The molecule has 0 amide bonds. The molecule has 37 heavy (non-hydrogen) atoms. The lowest BCUT2D eigenvalue weighted by molar-refractivity contribution is -0.145. The van der Waals surface area contributed by atoms with Gasteiger partial charge in [0, 0.05) is 39.1 Å². The van der Waals surface area contributed by atoms with Crippen LogP contribution in [0.15, 0.2) is 43.5 Å². The highest BCUT2D eigenvalue weighted by molar-refractivity contribution is 6.31. The van der Waals surface area contributed by atoms with Crippen molar-refractivity contribution in [2.45, 2.75) is 70.5 Å². The van der Waals surface area contributed by atoms with E-state index in [0.717, 1.165) is 46.8 Å². The molecule has 0 aromatic heterocycles. The van der Waals surface area contributed by atoms with Crippen LogP contribution in [0.3, 0.4) is 0 Å². The molecular formula is C30H35ClO6. The van der Waals surface area contributed by atoms with Crippen molar-refractivity contribution in [3.05, 3.63) is 59.7 Å². The molecule has 4 rings (SSSR count). The number of fused-ring (bicyclic) bond motifs is 6. The van der Waals surface area contributed by atoms with Crippen molar-refractivity contribution < 1.29 is 28.5 Å². The summed E-state index contributed by atoms with van der Waals surface area (Å²) < 4.78 is 23.9. The van der Waals surface area contributed by atoms with Gasteiger partial charge in [-0.25, -0.2) is 9.59 Å². The number of halogens is 1. The molecule has 0 aliphatic heterocycles. The molecule has 2 aromatic carbocycles. The van der Waals surface area contributed by atoms with Gasteiger partial charge in [0.15, 0.2) is 0 Å². The Morgan fingerprint density at radius 1 is 0.919 bits per heavy atom. The summed E-state index contributed by atoms with van der Waals surface area (Å²) in [5.41, 5.74) is 2.34. The average Bonchev–Trinajstić information content (AvgIpc) is 3.40. The first-order valence-electron chi connectivity index (χ1n) is 13.0. The fraction of sp³-hybridized carbons (Fsp3) is 0.467. The third-order valence-corrected chi connectivity index (χ3v) is 7.92. The summed E-state index contributed by atoms with van der Waals surface area (Å²) in [6, 6.07) is 5.71. The highest BCUT2D eigenvalue weighted by Crippen LogP contribution is 2.64. The van der Waals surface area contributed by atoms with Gasteiger partial charge in [0.2, 0.25) is 0 Å². The lowest BCUT2D eigenvalue weighted by atomic mass is 9.87. The molecule has 1 fully saturated rings. The largest absolute Gasteiger partial charge is 0.489 e. The van der Waals surface area contributed by atoms with Crippen molar-refractivity contribution in [1.29, 1.82) is 0 Å². The Labute approximate surface area is 223 Å². The van der Waals surface area contributed by atoms with Crippen LogP contribution in [-0.4, -0.2) is 37.4 Å². The normalized spacial score (nSPS) is 21.1. The van der Waals surface area contributed by atoms with Crippen LogP contribution < -0.4 is 9.47 Å². The number of hydrogen-bond donors (Lipinski definition) is 0. The monoisotopic (exact) mass is 526 g/mol. The highest BCUT2D eigenvalue weighted by Gasteiger charge is 2.48. The van der Waals surface area contributed by atoms with Crippen molar-refractivity contribution in [3.63, 3.8) is 0 Å². The lowest BCUT2D eigenvalue weighted by Gasteiger charge is -2.27. The molecule has 0 heterocycles. The Morgan fingerprint density at radius 3 is 1.86 bits per heavy atom. The maximum absolute atomic E-state index is 11.8. The molecular weight excluding hydrogens is 492 g/mol. The molecule has 2 aliphatic carbocycles. The highest BCUT2D eigenvalue weighted by atomic mass is 35.5. The van der Waals surface area contributed by atoms with E-state index >= 15 is 0 Å². The number of esters is 2. The van der Waals surface area contributed by atoms with Gasteiger partial charge in [-0.05, 0) is 61.6 Å². The summed E-state index contributed by atoms with van der Waals surface area (Å²) in [5.74, 6) is 1.83. The zero-order valence-electron chi connectivity index (χ0n) is 21.8. The first kappa shape index (κ1) is 27.1. The second kappa shape index (κ2) is 11.6. The molecule has 0 N–H and O–H groups in total. The maximum atomic E-state index is 11.8. The number of carbonyl (C=O) groups is 2. The molecule has 1 saturated carbocycles. The van der Waals surface area contributed by atoms with Gasteiger partial charge in [-0.1, -0.05) is 45.5 Å². The average molecular weight is 527 g/mol. The number of rotatable bonds is 12. The van der Waals surface area contributed by atoms with E-state index in [9.17, 15) is 9.59 Å². The number of carbonyl (C=O) groups excluding carboxylic acids is 2. The van der Waals surface area contributed by atoms with E-state index in [1.807, 2.05) is 32.0 Å². The van der Waals surface area contributed by atoms with Gasteiger partial charge in [0.25, 0.3) is 0 Å². The summed E-state index contributed by atoms with van der Waals surface area (Å²) in [6.45, 7) is 13.6. The second-order valence-electron chi connectivity index (χ2n) is 9.79. The zero-order valence-corrected chi connectivity index (χ0v) is 22.5. The molecule has 6 nitrogen and oxygen atoms in total. The minimum Gasteiger partial charge on any atom is -0.489 e. The van der Waals surface area contributed by atoms with E-state index in [2.05, 4.69) is 20.1 Å². The SMILES string of the molecule is C=CC(=O)OC(CC)COc1c2c(c(OCC(CC)OC(=O)C=C)c3cc(Cl)ccc13)C1CCC2C1C. The van der Waals surface area contributed by atoms with Crippen LogP contribution in [0.2, 0.25) is 5.02 Å². The van der Waals surface area contributed by atoms with Crippen LogP contribution in [0.4, 0.5) is 0 Å². The molecule has 0 radical (unpaired) electrons. The fourth-order valence-corrected chi connectivity index (χ4v) is 5.88. The van der Waals surface area contributed by atoms with Crippen molar-refractivity contribution in [1.82, 2.24) is 0 Å². The maximum Gasteiger partial charge on any atom is 0.330 e. The molecule has 0 saturated heterocycles. The van der Waals surface area contributed by atoms with E-state index in [4.69, 9.17) is 30.5 Å². The molecule has 7 heteroatoms. The van der Waals surface area contributed by atoms with Gasteiger partial charge in [-0.3, -0.25) is 0 Å². The van der Waals surface area contributed by atoms with Crippen LogP contribution in [0.25, 0.3) is 10.8 Å². The van der Waals surface area contributed by atoms with E-state index < -0.39 is 18.0 Å². The predicted octanol–water partition coefficient (Wildman–Crippen LogP) is 6.88. The van der Waals surface area contributed by atoms with Crippen molar-refractivity contribution in [2.24, 2.45) is 5.92 Å². The minimum absolute atomic E-state index is 0.228. The molecule has 5 atom stereocenters. The first-order valence-corrected chi connectivity index (χ1v) is 13.4. The molecule has 2 aliphatic rings. The van der Waals surface area contributed by atoms with Crippen LogP contribution in [-0.2, 0) is 19.1 Å². The van der Waals surface area contributed by atoms with E-state index in [0.29, 0.717) is 35.6 Å². The molecule has 198 valence electrons. The Kier molecular flexibility index (Phi) is 8.48. The summed E-state index contributed by atoms with van der Waals surface area (Å²) >= 11 is 6.46. The number of benzene rings is 2. The van der Waals surface area contributed by atoms with E-state index in [1.54, 1.807) is 0 Å². The Bertz CT molecular complexity index is 1200. The smallest absolute Gasteiger partial charge is 0.330 e. The lowest BCUT2D eigenvalue weighted by Crippen LogP contribution is -2.25. The van der Waals surface area contributed by atoms with Gasteiger partial charge >= 0.3 is 11.9 Å². The Balaban J connectivity index is 1.77. The topological polar surface area (TPSA) is 71.1 Å². The summed E-state index contributed by atoms with van der Waals surface area (Å²) in [6.07, 6.45) is 4.96. The van der Waals surface area contributed by atoms with Crippen LogP contribution in [0.1, 0.15) is 69.4 Å². The first-order chi connectivity index (χ1) is 17.8. The molecule has 0 spiro atoms. The van der Waals surface area contributed by atoms with Gasteiger partial charge in [-0.15, -0.1) is 0 Å². The molecule has 2 aromatic rings. The number of hydrogen-bond acceptors (Lipinski definition) is 6. The van der Waals surface area contributed by atoms with Crippen LogP contribution >= 0.6 is 11.6 Å². The van der Waals surface area contributed by atoms with Crippen molar-refractivity contribution >= 4 is 34.3 Å². The van der Waals surface area contributed by atoms with Gasteiger partial charge in [0.1, 0.15) is 36.9 Å².